The molecule has 0 unspecified atom stereocenters. The molecule has 0 aliphatic carbocycles. The summed E-state index contributed by atoms with van der Waals surface area (Å²) in [5.41, 5.74) is 2.95. The number of nitrogens with zero attached hydrogens (tertiary/aromatic N) is 3. The first-order valence-electron chi connectivity index (χ1n) is 8.86. The normalized spacial score (nSPS) is 16.7. The van der Waals surface area contributed by atoms with E-state index in [2.05, 4.69) is 23.1 Å². The van der Waals surface area contributed by atoms with Crippen molar-refractivity contribution in [3.63, 3.8) is 0 Å². The van der Waals surface area contributed by atoms with Crippen molar-refractivity contribution in [3.05, 3.63) is 65.7 Å². The molecule has 0 aromatic heterocycles. The van der Waals surface area contributed by atoms with Gasteiger partial charge in [0, 0.05) is 32.2 Å². The Hall–Kier alpha value is -3.00. The van der Waals surface area contributed by atoms with Gasteiger partial charge in [0.15, 0.2) is 0 Å². The zero-order valence-electron chi connectivity index (χ0n) is 15.0. The Morgan fingerprint density at radius 3 is 2.58 bits per heavy atom. The second-order valence-corrected chi connectivity index (χ2v) is 6.56. The van der Waals surface area contributed by atoms with Gasteiger partial charge < -0.3 is 14.5 Å². The number of hydrogen-bond donors (Lipinski definition) is 0. The highest BCUT2D eigenvalue weighted by Gasteiger charge is 2.26. The number of anilines is 1. The van der Waals surface area contributed by atoms with Crippen molar-refractivity contribution >= 4 is 11.8 Å². The Bertz CT molecular complexity index is 768. The molecule has 3 rings (SSSR count). The lowest BCUT2D eigenvalue weighted by molar-refractivity contribution is 0.0364. The molecule has 2 aromatic carbocycles. The van der Waals surface area contributed by atoms with Crippen molar-refractivity contribution in [1.29, 1.82) is 5.26 Å². The zero-order chi connectivity index (χ0) is 18.4. The maximum atomic E-state index is 11.8. The van der Waals surface area contributed by atoms with Gasteiger partial charge in [-0.1, -0.05) is 30.3 Å². The Kier molecular flexibility index (Phi) is 5.75. The molecular formula is C21H23N3O2. The summed E-state index contributed by atoms with van der Waals surface area (Å²) >= 11 is 0. The number of ether oxygens (including phenoxy) is 1. The van der Waals surface area contributed by atoms with Crippen LogP contribution in [0.4, 0.5) is 10.5 Å². The maximum Gasteiger partial charge on any atom is 0.409 e. The first-order valence-corrected chi connectivity index (χ1v) is 8.86. The minimum atomic E-state index is -0.260. The third kappa shape index (κ3) is 4.54. The van der Waals surface area contributed by atoms with Crippen LogP contribution in [0.3, 0.4) is 0 Å². The molecule has 26 heavy (non-hydrogen) atoms. The number of nitriles is 1. The fraction of sp³-hybridized carbons (Fsp3) is 0.333. The summed E-state index contributed by atoms with van der Waals surface area (Å²) in [5, 5.41) is 9.01. The molecule has 5 nitrogen and oxygen atoms in total. The second-order valence-electron chi connectivity index (χ2n) is 6.56. The van der Waals surface area contributed by atoms with Gasteiger partial charge >= 0.3 is 6.09 Å². The van der Waals surface area contributed by atoms with Gasteiger partial charge in [0.2, 0.25) is 0 Å². The number of benzene rings is 2. The van der Waals surface area contributed by atoms with Gasteiger partial charge in [0.05, 0.1) is 18.2 Å². The quantitative estimate of drug-likeness (QED) is 0.801. The number of cyclic esters (lactones) is 1. The predicted octanol–water partition coefficient (Wildman–Crippen LogP) is 3.45. The summed E-state index contributed by atoms with van der Waals surface area (Å²) in [7, 11) is 1.76. The third-order valence-electron chi connectivity index (χ3n) is 4.66. The monoisotopic (exact) mass is 349 g/mol. The molecule has 1 atom stereocenters. The van der Waals surface area contributed by atoms with Crippen LogP contribution < -0.4 is 4.90 Å². The molecule has 0 spiro atoms. The standard InChI is InChI=1S/C21H23N3O2/c1-23-13-12-20(26-21(23)25)16-24(14-11-17-5-3-2-4-6-17)19-9-7-18(15-22)8-10-19/h2-10,20H,11-14,16H2,1H3/t20-/m0/s1. The number of rotatable bonds is 6. The van der Waals surface area contributed by atoms with Crippen LogP contribution in [-0.4, -0.2) is 43.8 Å². The van der Waals surface area contributed by atoms with E-state index in [1.54, 1.807) is 11.9 Å². The molecule has 1 fully saturated rings. The molecule has 0 saturated carbocycles. The first-order chi connectivity index (χ1) is 12.7. The van der Waals surface area contributed by atoms with Crippen LogP contribution in [0.5, 0.6) is 0 Å². The Labute approximate surface area is 154 Å². The fourth-order valence-corrected chi connectivity index (χ4v) is 3.08. The molecule has 134 valence electrons. The molecule has 5 heteroatoms. The van der Waals surface area contributed by atoms with E-state index in [1.807, 2.05) is 42.5 Å². The average molecular weight is 349 g/mol. The highest BCUT2D eigenvalue weighted by Crippen LogP contribution is 2.20. The largest absolute Gasteiger partial charge is 0.444 e. The highest BCUT2D eigenvalue weighted by molar-refractivity contribution is 5.68. The van der Waals surface area contributed by atoms with E-state index in [1.165, 1.54) is 5.56 Å². The molecule has 1 saturated heterocycles. The molecule has 1 heterocycles. The smallest absolute Gasteiger partial charge is 0.409 e. The second kappa shape index (κ2) is 8.39. The van der Waals surface area contributed by atoms with Crippen LogP contribution in [0.15, 0.2) is 54.6 Å². The molecule has 0 radical (unpaired) electrons. The van der Waals surface area contributed by atoms with Crippen molar-refractivity contribution in [3.8, 4) is 6.07 Å². The summed E-state index contributed by atoms with van der Waals surface area (Å²) in [4.78, 5) is 15.7. The van der Waals surface area contributed by atoms with E-state index in [9.17, 15) is 4.79 Å². The third-order valence-corrected chi connectivity index (χ3v) is 4.66. The van der Waals surface area contributed by atoms with Crippen LogP contribution in [0, 0.1) is 11.3 Å². The van der Waals surface area contributed by atoms with Gasteiger partial charge in [-0.05, 0) is 36.2 Å². The van der Waals surface area contributed by atoms with E-state index in [4.69, 9.17) is 10.00 Å². The summed E-state index contributed by atoms with van der Waals surface area (Å²) in [6, 6.07) is 20.0. The Morgan fingerprint density at radius 2 is 1.92 bits per heavy atom. The van der Waals surface area contributed by atoms with E-state index in [0.717, 1.165) is 25.1 Å². The zero-order valence-corrected chi connectivity index (χ0v) is 15.0. The average Bonchev–Trinajstić information content (AvgIpc) is 2.69. The van der Waals surface area contributed by atoms with Crippen molar-refractivity contribution in [2.75, 3.05) is 31.6 Å². The first kappa shape index (κ1) is 17.8. The molecule has 0 N–H and O–H groups in total. The minimum absolute atomic E-state index is 0.120. The number of carbonyl (C=O) groups excluding carboxylic acids is 1. The maximum absolute atomic E-state index is 11.8. The minimum Gasteiger partial charge on any atom is -0.444 e. The van der Waals surface area contributed by atoms with Crippen molar-refractivity contribution < 1.29 is 9.53 Å². The van der Waals surface area contributed by atoms with E-state index in [-0.39, 0.29) is 12.2 Å². The van der Waals surface area contributed by atoms with E-state index < -0.39 is 0 Å². The van der Waals surface area contributed by atoms with Gasteiger partial charge in [-0.3, -0.25) is 0 Å². The van der Waals surface area contributed by atoms with Gasteiger partial charge in [-0.2, -0.15) is 5.26 Å². The molecule has 1 aliphatic rings. The van der Waals surface area contributed by atoms with Crippen LogP contribution in [0.2, 0.25) is 0 Å². The molecule has 1 aliphatic heterocycles. The lowest BCUT2D eigenvalue weighted by Gasteiger charge is -2.34. The lowest BCUT2D eigenvalue weighted by Crippen LogP contribution is -2.45. The SMILES string of the molecule is CN1CC[C@@H](CN(CCc2ccccc2)c2ccc(C#N)cc2)OC1=O. The summed E-state index contributed by atoms with van der Waals surface area (Å²) in [5.74, 6) is 0. The van der Waals surface area contributed by atoms with E-state index >= 15 is 0 Å². The molecule has 1 amide bonds. The topological polar surface area (TPSA) is 56.6 Å². The van der Waals surface area contributed by atoms with Gasteiger partial charge in [0.25, 0.3) is 0 Å². The van der Waals surface area contributed by atoms with Crippen LogP contribution in [0.25, 0.3) is 0 Å². The van der Waals surface area contributed by atoms with E-state index in [0.29, 0.717) is 18.7 Å². The fourth-order valence-electron chi connectivity index (χ4n) is 3.08. The number of amides is 1. The van der Waals surface area contributed by atoms with Gasteiger partial charge in [-0.25, -0.2) is 4.79 Å². The highest BCUT2D eigenvalue weighted by atomic mass is 16.6. The molecule has 2 aromatic rings. The molecular weight excluding hydrogens is 326 g/mol. The number of hydrogen-bond acceptors (Lipinski definition) is 4. The van der Waals surface area contributed by atoms with Crippen molar-refractivity contribution in [2.24, 2.45) is 0 Å². The number of carbonyl (C=O) groups is 1. The van der Waals surface area contributed by atoms with Gasteiger partial charge in [-0.15, -0.1) is 0 Å². The summed E-state index contributed by atoms with van der Waals surface area (Å²) < 4.78 is 5.54. The summed E-state index contributed by atoms with van der Waals surface area (Å²) in [6.07, 6.45) is 1.34. The summed E-state index contributed by atoms with van der Waals surface area (Å²) in [6.45, 7) is 2.18. The van der Waals surface area contributed by atoms with Crippen LogP contribution in [-0.2, 0) is 11.2 Å². The van der Waals surface area contributed by atoms with Crippen molar-refractivity contribution in [2.45, 2.75) is 18.9 Å². The predicted molar refractivity (Wildman–Crippen MR) is 101 cm³/mol. The Morgan fingerprint density at radius 1 is 1.19 bits per heavy atom. The Balaban J connectivity index is 1.72. The van der Waals surface area contributed by atoms with Crippen LogP contribution in [0.1, 0.15) is 17.5 Å². The van der Waals surface area contributed by atoms with Crippen molar-refractivity contribution in [1.82, 2.24) is 4.90 Å². The molecule has 0 bridgehead atoms. The van der Waals surface area contributed by atoms with Gasteiger partial charge in [0.1, 0.15) is 6.10 Å². The lowest BCUT2D eigenvalue weighted by atomic mass is 10.1. The van der Waals surface area contributed by atoms with Crippen LogP contribution >= 0.6 is 0 Å².